The van der Waals surface area contributed by atoms with Gasteiger partial charge in [0.1, 0.15) is 11.5 Å². The van der Waals surface area contributed by atoms with Gasteiger partial charge < -0.3 is 25.7 Å². The smallest absolute Gasteiger partial charge is 0.289 e. The third-order valence-electron chi connectivity index (χ3n) is 8.96. The summed E-state index contributed by atoms with van der Waals surface area (Å²) in [6.07, 6.45) is 3.79. The summed E-state index contributed by atoms with van der Waals surface area (Å²) in [5, 5.41) is 35.8. The van der Waals surface area contributed by atoms with E-state index in [0.717, 1.165) is 64.0 Å². The molecule has 11 heteroatoms. The summed E-state index contributed by atoms with van der Waals surface area (Å²) < 4.78 is 1.64. The minimum Gasteiger partial charge on any atom is -0.508 e. The molecular formula is C33H45N7O4. The van der Waals surface area contributed by atoms with Crippen molar-refractivity contribution in [1.29, 1.82) is 0 Å². The van der Waals surface area contributed by atoms with Crippen LogP contribution in [0.4, 0.5) is 0 Å². The predicted molar refractivity (Wildman–Crippen MR) is 169 cm³/mol. The number of hydrogen-bond donors (Lipinski definition) is 4. The van der Waals surface area contributed by atoms with Crippen LogP contribution in [0.1, 0.15) is 74.1 Å². The number of hydrogen-bond acceptors (Lipinski definition) is 8. The minimum atomic E-state index is -0.374. The van der Waals surface area contributed by atoms with Gasteiger partial charge in [-0.3, -0.25) is 19.1 Å². The number of aromatic hydroxyl groups is 2. The lowest BCUT2D eigenvalue weighted by molar-refractivity contribution is -0.138. The molecule has 11 nitrogen and oxygen atoms in total. The number of likely N-dealkylation sites (tertiary alicyclic amines) is 2. The zero-order valence-corrected chi connectivity index (χ0v) is 26.2. The molecule has 44 heavy (non-hydrogen) atoms. The van der Waals surface area contributed by atoms with Gasteiger partial charge in [-0.15, -0.1) is 10.2 Å². The Labute approximate surface area is 259 Å². The molecule has 0 atom stereocenters. The third-order valence-corrected chi connectivity index (χ3v) is 8.96. The molecule has 4 N–H and O–H groups in total. The molecule has 2 fully saturated rings. The Hall–Kier alpha value is -3.96. The van der Waals surface area contributed by atoms with E-state index in [2.05, 4.69) is 30.6 Å². The maximum Gasteiger partial charge on any atom is 0.289 e. The molecular weight excluding hydrogens is 558 g/mol. The van der Waals surface area contributed by atoms with E-state index < -0.39 is 0 Å². The number of aromatic nitrogens is 3. The Morgan fingerprint density at radius 2 is 1.64 bits per heavy atom. The van der Waals surface area contributed by atoms with Gasteiger partial charge in [-0.05, 0) is 88.0 Å². The van der Waals surface area contributed by atoms with Crippen LogP contribution in [-0.4, -0.2) is 92.4 Å². The molecule has 1 aromatic heterocycles. The van der Waals surface area contributed by atoms with Crippen molar-refractivity contribution in [3.8, 4) is 28.6 Å². The first-order chi connectivity index (χ1) is 21.2. The molecule has 3 heterocycles. The van der Waals surface area contributed by atoms with Crippen LogP contribution in [0.25, 0.3) is 17.1 Å². The number of nitrogens with one attached hydrogen (secondary N) is 2. The van der Waals surface area contributed by atoms with Crippen molar-refractivity contribution in [2.24, 2.45) is 5.92 Å². The van der Waals surface area contributed by atoms with E-state index in [-0.39, 0.29) is 35.1 Å². The topological polar surface area (TPSA) is 136 Å². The SMILES string of the molecule is CCNC(=O)c1nnc(-c2cc(C(C)C)c(O)cc2O)n1-c1ccc(CN2CCC(C(=O)N3CCC(NC)CC3)CC2)cc1. The lowest BCUT2D eigenvalue weighted by Crippen LogP contribution is -2.48. The van der Waals surface area contributed by atoms with Crippen molar-refractivity contribution in [3.63, 3.8) is 0 Å². The highest BCUT2D eigenvalue weighted by atomic mass is 16.3. The van der Waals surface area contributed by atoms with Crippen molar-refractivity contribution in [1.82, 2.24) is 35.2 Å². The fraction of sp³-hybridized carbons (Fsp3) is 0.515. The molecule has 236 valence electrons. The van der Waals surface area contributed by atoms with Gasteiger partial charge in [0.15, 0.2) is 5.82 Å². The minimum absolute atomic E-state index is 0.00294. The van der Waals surface area contributed by atoms with Crippen molar-refractivity contribution in [2.75, 3.05) is 39.8 Å². The van der Waals surface area contributed by atoms with Gasteiger partial charge in [-0.2, -0.15) is 0 Å². The molecule has 0 unspecified atom stereocenters. The summed E-state index contributed by atoms with van der Waals surface area (Å²) >= 11 is 0. The third kappa shape index (κ3) is 6.73. The number of rotatable bonds is 9. The number of carbonyl (C=O) groups is 2. The summed E-state index contributed by atoms with van der Waals surface area (Å²) in [6.45, 7) is 10.4. The first-order valence-corrected chi connectivity index (χ1v) is 15.8. The zero-order valence-electron chi connectivity index (χ0n) is 26.2. The van der Waals surface area contributed by atoms with E-state index in [1.54, 1.807) is 10.6 Å². The molecule has 0 radical (unpaired) electrons. The van der Waals surface area contributed by atoms with Crippen LogP contribution in [-0.2, 0) is 11.3 Å². The Kier molecular flexibility index (Phi) is 9.85. The predicted octanol–water partition coefficient (Wildman–Crippen LogP) is 3.64. The maximum absolute atomic E-state index is 13.1. The lowest BCUT2D eigenvalue weighted by atomic mass is 9.93. The molecule has 3 aromatic rings. The van der Waals surface area contributed by atoms with E-state index in [1.165, 1.54) is 6.07 Å². The molecule has 5 rings (SSSR count). The van der Waals surface area contributed by atoms with E-state index in [9.17, 15) is 19.8 Å². The second-order valence-electron chi connectivity index (χ2n) is 12.2. The highest BCUT2D eigenvalue weighted by molar-refractivity contribution is 5.92. The van der Waals surface area contributed by atoms with Crippen LogP contribution >= 0.6 is 0 Å². The van der Waals surface area contributed by atoms with Crippen molar-refractivity contribution in [3.05, 3.63) is 53.3 Å². The number of carbonyl (C=O) groups excluding carboxylic acids is 2. The summed E-state index contributed by atoms with van der Waals surface area (Å²) in [5.41, 5.74) is 2.84. The number of nitrogens with zero attached hydrogens (tertiary/aromatic N) is 5. The first kappa shape index (κ1) is 31.5. The van der Waals surface area contributed by atoms with Gasteiger partial charge in [0, 0.05) is 49.9 Å². The lowest BCUT2D eigenvalue weighted by Gasteiger charge is -2.37. The van der Waals surface area contributed by atoms with Gasteiger partial charge in [0.25, 0.3) is 5.91 Å². The molecule has 0 bridgehead atoms. The number of phenolic OH excluding ortho intramolecular Hbond substituents is 2. The molecule has 0 spiro atoms. The van der Waals surface area contributed by atoms with Crippen LogP contribution < -0.4 is 10.6 Å². The number of piperidine rings is 2. The van der Waals surface area contributed by atoms with Crippen molar-refractivity contribution >= 4 is 11.8 Å². The molecule has 2 saturated heterocycles. The second kappa shape index (κ2) is 13.8. The Morgan fingerprint density at radius 3 is 2.25 bits per heavy atom. The fourth-order valence-electron chi connectivity index (χ4n) is 6.32. The van der Waals surface area contributed by atoms with Crippen LogP contribution in [0.5, 0.6) is 11.5 Å². The van der Waals surface area contributed by atoms with Crippen molar-refractivity contribution < 1.29 is 19.8 Å². The molecule has 0 saturated carbocycles. The zero-order chi connectivity index (χ0) is 31.4. The second-order valence-corrected chi connectivity index (χ2v) is 12.2. The standard InChI is InChI=1S/C33H45N7O4/c1-5-35-32(43)31-37-36-30(27-18-26(21(2)3)28(41)19-29(27)42)40(31)25-8-6-22(7-9-25)20-38-14-10-23(11-15-38)33(44)39-16-12-24(34-4)13-17-39/h6-9,18-19,21,23-24,34,41-42H,5,10-17,20H2,1-4H3,(H,35,43). The van der Waals surface area contributed by atoms with Gasteiger partial charge in [-0.1, -0.05) is 26.0 Å². The largest absolute Gasteiger partial charge is 0.508 e. The quantitative estimate of drug-likeness (QED) is 0.291. The monoisotopic (exact) mass is 603 g/mol. The maximum atomic E-state index is 13.1. The molecule has 2 aliphatic heterocycles. The normalized spacial score (nSPS) is 16.9. The van der Waals surface area contributed by atoms with Gasteiger partial charge in [-0.25, -0.2) is 0 Å². The average Bonchev–Trinajstić information content (AvgIpc) is 3.46. The average molecular weight is 604 g/mol. The first-order valence-electron chi connectivity index (χ1n) is 15.8. The summed E-state index contributed by atoms with van der Waals surface area (Å²) in [6, 6.07) is 11.4. The Balaban J connectivity index is 1.30. The number of phenols is 2. The molecule has 2 amide bonds. The van der Waals surface area contributed by atoms with Crippen LogP contribution in [0.3, 0.4) is 0 Å². The number of benzene rings is 2. The highest BCUT2D eigenvalue weighted by Crippen LogP contribution is 2.38. The fourth-order valence-corrected chi connectivity index (χ4v) is 6.32. The Morgan fingerprint density at radius 1 is 0.955 bits per heavy atom. The van der Waals surface area contributed by atoms with Crippen molar-refractivity contribution in [2.45, 2.75) is 65.0 Å². The number of amides is 2. The van der Waals surface area contributed by atoms with E-state index >= 15 is 0 Å². The Bertz CT molecular complexity index is 1450. The summed E-state index contributed by atoms with van der Waals surface area (Å²) in [7, 11) is 1.99. The van der Waals surface area contributed by atoms with Gasteiger partial charge >= 0.3 is 0 Å². The molecule has 0 aliphatic carbocycles. The highest BCUT2D eigenvalue weighted by Gasteiger charge is 2.31. The summed E-state index contributed by atoms with van der Waals surface area (Å²) in [5.74, 6) is 0.319. The van der Waals surface area contributed by atoms with E-state index in [4.69, 9.17) is 0 Å². The van der Waals surface area contributed by atoms with Crippen LogP contribution in [0.2, 0.25) is 0 Å². The van der Waals surface area contributed by atoms with Crippen LogP contribution in [0.15, 0.2) is 36.4 Å². The van der Waals surface area contributed by atoms with Gasteiger partial charge in [0.05, 0.1) is 5.56 Å². The van der Waals surface area contributed by atoms with Crippen LogP contribution in [0, 0.1) is 5.92 Å². The summed E-state index contributed by atoms with van der Waals surface area (Å²) in [4.78, 5) is 30.5. The van der Waals surface area contributed by atoms with E-state index in [1.807, 2.05) is 52.1 Å². The van der Waals surface area contributed by atoms with E-state index in [0.29, 0.717) is 41.1 Å². The molecule has 2 aromatic carbocycles. The van der Waals surface area contributed by atoms with Gasteiger partial charge in [0.2, 0.25) is 11.7 Å². The molecule has 2 aliphatic rings.